The molecule has 2 aliphatic rings. The van der Waals surface area contributed by atoms with Crippen molar-refractivity contribution >= 4 is 29.9 Å². The number of aliphatic imine (C=N–C) groups is 1. The number of piperazine rings is 1. The van der Waals surface area contributed by atoms with E-state index in [9.17, 15) is 0 Å². The Labute approximate surface area is 146 Å². The van der Waals surface area contributed by atoms with Crippen LogP contribution in [0.3, 0.4) is 0 Å². The maximum atomic E-state index is 4.31. The fourth-order valence-corrected chi connectivity index (χ4v) is 2.70. The lowest BCUT2D eigenvalue weighted by Crippen LogP contribution is -2.47. The van der Waals surface area contributed by atoms with Gasteiger partial charge < -0.3 is 20.4 Å². The summed E-state index contributed by atoms with van der Waals surface area (Å²) in [5, 5.41) is 6.94. The first-order chi connectivity index (χ1) is 9.58. The minimum Gasteiger partial charge on any atom is -0.356 e. The first kappa shape index (κ1) is 19.0. The highest BCUT2D eigenvalue weighted by atomic mass is 127. The van der Waals surface area contributed by atoms with Crippen molar-refractivity contribution in [3.63, 3.8) is 0 Å². The lowest BCUT2D eigenvalue weighted by molar-refractivity contribution is 0.139. The van der Waals surface area contributed by atoms with Gasteiger partial charge in [-0.15, -0.1) is 24.0 Å². The molecule has 0 aromatic heterocycles. The van der Waals surface area contributed by atoms with E-state index in [1.54, 1.807) is 0 Å². The van der Waals surface area contributed by atoms with E-state index in [1.807, 2.05) is 7.05 Å². The van der Waals surface area contributed by atoms with Gasteiger partial charge in [0.25, 0.3) is 0 Å². The Morgan fingerprint density at radius 3 is 2.43 bits per heavy atom. The molecule has 3 unspecified atom stereocenters. The Morgan fingerprint density at radius 2 is 1.90 bits per heavy atom. The van der Waals surface area contributed by atoms with Gasteiger partial charge in [0.2, 0.25) is 0 Å². The molecule has 0 aromatic rings. The number of rotatable bonds is 5. The Morgan fingerprint density at radius 1 is 1.29 bits per heavy atom. The van der Waals surface area contributed by atoms with Crippen LogP contribution in [0.25, 0.3) is 0 Å². The fraction of sp³-hybridized carbons (Fsp3) is 0.933. The molecule has 0 radical (unpaired) electrons. The molecule has 0 bridgehead atoms. The highest BCUT2D eigenvalue weighted by Gasteiger charge is 2.33. The van der Waals surface area contributed by atoms with Crippen LogP contribution in [-0.4, -0.2) is 75.2 Å². The van der Waals surface area contributed by atoms with Gasteiger partial charge in [0, 0.05) is 52.4 Å². The quantitative estimate of drug-likeness (QED) is 0.405. The van der Waals surface area contributed by atoms with Gasteiger partial charge in [-0.1, -0.05) is 13.8 Å². The number of hydrogen-bond acceptors (Lipinski definition) is 3. The first-order valence-electron chi connectivity index (χ1n) is 7.96. The zero-order chi connectivity index (χ0) is 14.5. The van der Waals surface area contributed by atoms with Crippen LogP contribution in [0.5, 0.6) is 0 Å². The van der Waals surface area contributed by atoms with Crippen molar-refractivity contribution in [3.8, 4) is 0 Å². The number of halogens is 1. The molecule has 1 aliphatic heterocycles. The summed E-state index contributed by atoms with van der Waals surface area (Å²) in [4.78, 5) is 9.29. The monoisotopic (exact) mass is 409 g/mol. The van der Waals surface area contributed by atoms with Crippen molar-refractivity contribution in [2.75, 3.05) is 53.4 Å². The summed E-state index contributed by atoms with van der Waals surface area (Å²) >= 11 is 0. The molecule has 2 fully saturated rings. The van der Waals surface area contributed by atoms with Gasteiger partial charge >= 0.3 is 0 Å². The van der Waals surface area contributed by atoms with Crippen LogP contribution < -0.4 is 10.6 Å². The molecule has 1 saturated carbocycles. The molecule has 2 N–H and O–H groups in total. The topological polar surface area (TPSA) is 42.9 Å². The van der Waals surface area contributed by atoms with E-state index in [4.69, 9.17) is 0 Å². The smallest absolute Gasteiger partial charge is 0.191 e. The van der Waals surface area contributed by atoms with E-state index in [-0.39, 0.29) is 24.0 Å². The molecule has 2 rings (SSSR count). The van der Waals surface area contributed by atoms with Gasteiger partial charge in [-0.2, -0.15) is 0 Å². The summed E-state index contributed by atoms with van der Waals surface area (Å²) < 4.78 is 0. The normalized spacial score (nSPS) is 28.7. The van der Waals surface area contributed by atoms with Crippen LogP contribution in [0.15, 0.2) is 4.99 Å². The molecule has 0 aromatic carbocycles. The van der Waals surface area contributed by atoms with Crippen molar-refractivity contribution < 1.29 is 0 Å². The predicted molar refractivity (Wildman–Crippen MR) is 101 cm³/mol. The molecular formula is C15H32IN5. The summed E-state index contributed by atoms with van der Waals surface area (Å²) in [5.41, 5.74) is 0. The number of nitrogens with one attached hydrogen (secondary N) is 2. The molecule has 21 heavy (non-hydrogen) atoms. The third kappa shape index (κ3) is 6.69. The highest BCUT2D eigenvalue weighted by Crippen LogP contribution is 2.28. The predicted octanol–water partition coefficient (Wildman–Crippen LogP) is 1.06. The van der Waals surface area contributed by atoms with Crippen molar-refractivity contribution in [3.05, 3.63) is 0 Å². The second-order valence-corrected chi connectivity index (χ2v) is 6.63. The minimum atomic E-state index is 0. The molecule has 5 nitrogen and oxygen atoms in total. The number of guanidine groups is 1. The summed E-state index contributed by atoms with van der Waals surface area (Å²) in [6.07, 6.45) is 1.28. The second-order valence-electron chi connectivity index (χ2n) is 6.63. The van der Waals surface area contributed by atoms with Gasteiger partial charge in [0.1, 0.15) is 0 Å². The molecule has 3 atom stereocenters. The second kappa shape index (κ2) is 9.15. The zero-order valence-electron chi connectivity index (χ0n) is 13.9. The van der Waals surface area contributed by atoms with Crippen LogP contribution in [0.4, 0.5) is 0 Å². The lowest BCUT2D eigenvalue weighted by atomic mass is 10.1. The summed E-state index contributed by atoms with van der Waals surface area (Å²) in [7, 11) is 4.06. The van der Waals surface area contributed by atoms with E-state index in [2.05, 4.69) is 46.3 Å². The third-order valence-corrected chi connectivity index (χ3v) is 4.44. The van der Waals surface area contributed by atoms with E-state index >= 15 is 0 Å². The number of likely N-dealkylation sites (N-methyl/N-ethyl adjacent to an activating group) is 1. The van der Waals surface area contributed by atoms with E-state index in [0.29, 0.717) is 12.0 Å². The van der Waals surface area contributed by atoms with E-state index in [0.717, 1.165) is 18.4 Å². The van der Waals surface area contributed by atoms with Gasteiger partial charge in [0.05, 0.1) is 0 Å². The van der Waals surface area contributed by atoms with Crippen LogP contribution >= 0.6 is 24.0 Å². The van der Waals surface area contributed by atoms with Gasteiger partial charge in [-0.05, 0) is 25.3 Å². The first-order valence-corrected chi connectivity index (χ1v) is 7.96. The van der Waals surface area contributed by atoms with Gasteiger partial charge in [0.15, 0.2) is 5.96 Å². The Bertz CT molecular complexity index is 328. The highest BCUT2D eigenvalue weighted by molar-refractivity contribution is 14.0. The number of nitrogens with zero attached hydrogens (tertiary/aromatic N) is 3. The zero-order valence-corrected chi connectivity index (χ0v) is 16.3. The van der Waals surface area contributed by atoms with Crippen molar-refractivity contribution in [2.45, 2.75) is 26.3 Å². The fourth-order valence-electron chi connectivity index (χ4n) is 2.70. The molecule has 6 heteroatoms. The lowest BCUT2D eigenvalue weighted by Gasteiger charge is -2.34. The molecular weight excluding hydrogens is 377 g/mol. The van der Waals surface area contributed by atoms with Crippen LogP contribution in [0.1, 0.15) is 20.3 Å². The summed E-state index contributed by atoms with van der Waals surface area (Å²) in [6, 6.07) is 0.633. The molecule has 1 saturated heterocycles. The largest absolute Gasteiger partial charge is 0.356 e. The van der Waals surface area contributed by atoms with Gasteiger partial charge in [-0.3, -0.25) is 4.99 Å². The van der Waals surface area contributed by atoms with Crippen molar-refractivity contribution in [1.29, 1.82) is 0 Å². The maximum Gasteiger partial charge on any atom is 0.191 e. The molecule has 0 spiro atoms. The molecule has 1 heterocycles. The van der Waals surface area contributed by atoms with E-state index < -0.39 is 0 Å². The van der Waals surface area contributed by atoms with Crippen LogP contribution in [-0.2, 0) is 0 Å². The minimum absolute atomic E-state index is 0. The van der Waals surface area contributed by atoms with Crippen molar-refractivity contribution in [1.82, 2.24) is 20.4 Å². The van der Waals surface area contributed by atoms with E-state index in [1.165, 1.54) is 39.1 Å². The Balaban J connectivity index is 0.00000220. The summed E-state index contributed by atoms with van der Waals surface area (Å²) in [5.74, 6) is 2.41. The Kier molecular flexibility index (Phi) is 8.26. The summed E-state index contributed by atoms with van der Waals surface area (Å²) in [6.45, 7) is 11.6. The van der Waals surface area contributed by atoms with Gasteiger partial charge in [-0.25, -0.2) is 0 Å². The molecule has 0 amide bonds. The maximum absolute atomic E-state index is 4.31. The van der Waals surface area contributed by atoms with Crippen LogP contribution in [0, 0.1) is 11.8 Å². The van der Waals surface area contributed by atoms with Crippen molar-refractivity contribution in [2.24, 2.45) is 16.8 Å². The average molecular weight is 409 g/mol. The van der Waals surface area contributed by atoms with Crippen LogP contribution in [0.2, 0.25) is 0 Å². The third-order valence-electron chi connectivity index (χ3n) is 4.44. The molecule has 124 valence electrons. The Hall–Kier alpha value is -0.0800. The standard InChI is InChI=1S/C15H31N5.HI/c1-12(11-20-7-5-19(4)6-8-20)10-17-15(16-3)18-14-9-13(14)2;/h12-14H,5-11H2,1-4H3,(H2,16,17,18);1H. The number of hydrogen-bond donors (Lipinski definition) is 2. The average Bonchev–Trinajstić information content (AvgIpc) is 3.12. The molecule has 1 aliphatic carbocycles. The SMILES string of the molecule is CN=C(NCC(C)CN1CCN(C)CC1)NC1CC1C.I.